The van der Waals surface area contributed by atoms with Crippen LogP contribution in [0, 0.1) is 0 Å². The van der Waals surface area contributed by atoms with Crippen LogP contribution >= 0.6 is 11.3 Å². The van der Waals surface area contributed by atoms with E-state index in [9.17, 15) is 14.4 Å². The molecule has 0 unspecified atom stereocenters. The Kier molecular flexibility index (Phi) is 4.17. The number of aromatic amines is 1. The Bertz CT molecular complexity index is 964. The third kappa shape index (κ3) is 3.06. The highest BCUT2D eigenvalue weighted by Crippen LogP contribution is 2.31. The number of hydrogen-bond donors (Lipinski definition) is 3. The number of nitrogens with one attached hydrogen (secondary N) is 2. The molecule has 8 nitrogen and oxygen atoms in total. The Morgan fingerprint density at radius 3 is 2.62 bits per heavy atom. The Morgan fingerprint density at radius 2 is 1.96 bits per heavy atom. The Morgan fingerprint density at radius 1 is 1.21 bits per heavy atom. The predicted octanol–water partition coefficient (Wildman–Crippen LogP) is 1.24. The molecule has 3 heterocycles. The minimum absolute atomic E-state index is 0.0625. The van der Waals surface area contributed by atoms with Gasteiger partial charge in [0.1, 0.15) is 15.6 Å². The van der Waals surface area contributed by atoms with Crippen LogP contribution in [0.2, 0.25) is 0 Å². The minimum atomic E-state index is -0.774. The van der Waals surface area contributed by atoms with Crippen LogP contribution in [0.25, 0.3) is 10.6 Å². The van der Waals surface area contributed by atoms with Gasteiger partial charge >= 0.3 is 0 Å². The van der Waals surface area contributed by atoms with Gasteiger partial charge in [0.15, 0.2) is 5.69 Å². The third-order valence-electron chi connectivity index (χ3n) is 3.08. The molecule has 0 fully saturated rings. The highest BCUT2D eigenvalue weighted by Gasteiger charge is 2.20. The normalized spacial score (nSPS) is 10.3. The van der Waals surface area contributed by atoms with Crippen molar-refractivity contribution < 1.29 is 9.59 Å². The van der Waals surface area contributed by atoms with Crippen LogP contribution in [-0.4, -0.2) is 26.8 Å². The van der Waals surface area contributed by atoms with Crippen molar-refractivity contribution in [3.63, 3.8) is 0 Å². The SMILES string of the molecule is NC(=O)c1nc(-c2ccncc2)sc1NC(=O)c1ccc[nH]c1=O. The zero-order valence-electron chi connectivity index (χ0n) is 12.1. The van der Waals surface area contributed by atoms with Crippen molar-refractivity contribution in [1.29, 1.82) is 0 Å². The number of hydrogen-bond acceptors (Lipinski definition) is 6. The molecule has 0 saturated carbocycles. The lowest BCUT2D eigenvalue weighted by Gasteiger charge is -2.02. The third-order valence-corrected chi connectivity index (χ3v) is 4.10. The van der Waals surface area contributed by atoms with Gasteiger partial charge in [-0.2, -0.15) is 0 Å². The second-order valence-corrected chi connectivity index (χ2v) is 5.66. The van der Waals surface area contributed by atoms with Crippen molar-refractivity contribution in [2.24, 2.45) is 5.73 Å². The maximum Gasteiger partial charge on any atom is 0.270 e. The van der Waals surface area contributed by atoms with E-state index in [1.165, 1.54) is 18.3 Å². The van der Waals surface area contributed by atoms with Gasteiger partial charge in [-0.05, 0) is 24.3 Å². The van der Waals surface area contributed by atoms with Gasteiger partial charge in [-0.15, -0.1) is 0 Å². The number of H-pyrrole nitrogens is 1. The van der Waals surface area contributed by atoms with E-state index in [1.807, 2.05) is 0 Å². The van der Waals surface area contributed by atoms with Crippen LogP contribution in [0.3, 0.4) is 0 Å². The van der Waals surface area contributed by atoms with Crippen molar-refractivity contribution in [2.45, 2.75) is 0 Å². The van der Waals surface area contributed by atoms with E-state index in [1.54, 1.807) is 24.5 Å². The van der Waals surface area contributed by atoms with E-state index in [4.69, 9.17) is 5.73 Å². The van der Waals surface area contributed by atoms with E-state index in [0.717, 1.165) is 16.9 Å². The average Bonchev–Trinajstić information content (AvgIpc) is 3.00. The quantitative estimate of drug-likeness (QED) is 0.657. The number of primary amides is 1. The first-order valence-corrected chi connectivity index (χ1v) is 7.58. The number of amides is 2. The molecule has 0 radical (unpaired) electrons. The highest BCUT2D eigenvalue weighted by molar-refractivity contribution is 7.19. The van der Waals surface area contributed by atoms with Crippen molar-refractivity contribution in [2.75, 3.05) is 5.32 Å². The Balaban J connectivity index is 1.97. The summed E-state index contributed by atoms with van der Waals surface area (Å²) in [6, 6.07) is 6.34. The maximum atomic E-state index is 12.2. The summed E-state index contributed by atoms with van der Waals surface area (Å²) in [4.78, 5) is 46.0. The number of thiazole rings is 1. The number of anilines is 1. The minimum Gasteiger partial charge on any atom is -0.364 e. The van der Waals surface area contributed by atoms with Crippen LogP contribution in [0.1, 0.15) is 20.8 Å². The predicted molar refractivity (Wildman–Crippen MR) is 88.9 cm³/mol. The summed E-state index contributed by atoms with van der Waals surface area (Å²) >= 11 is 1.09. The van der Waals surface area contributed by atoms with Crippen LogP contribution < -0.4 is 16.6 Å². The molecule has 0 aliphatic heterocycles. The van der Waals surface area contributed by atoms with Gasteiger partial charge in [-0.25, -0.2) is 4.98 Å². The second-order valence-electron chi connectivity index (χ2n) is 4.66. The van der Waals surface area contributed by atoms with Gasteiger partial charge < -0.3 is 16.0 Å². The average molecular weight is 341 g/mol. The Labute approximate surface area is 139 Å². The Hall–Kier alpha value is -3.33. The number of nitrogens with zero attached hydrogens (tertiary/aromatic N) is 2. The molecule has 4 N–H and O–H groups in total. The van der Waals surface area contributed by atoms with Crippen molar-refractivity contribution in [3.8, 4) is 10.6 Å². The largest absolute Gasteiger partial charge is 0.364 e. The first-order valence-electron chi connectivity index (χ1n) is 6.76. The lowest BCUT2D eigenvalue weighted by Crippen LogP contribution is -2.23. The van der Waals surface area contributed by atoms with Gasteiger partial charge in [0.2, 0.25) is 0 Å². The zero-order valence-corrected chi connectivity index (χ0v) is 13.0. The van der Waals surface area contributed by atoms with Gasteiger partial charge in [0.25, 0.3) is 17.4 Å². The molecule has 9 heteroatoms. The molecule has 3 rings (SSSR count). The van der Waals surface area contributed by atoms with E-state index in [2.05, 4.69) is 20.3 Å². The van der Waals surface area contributed by atoms with Crippen molar-refractivity contribution in [1.82, 2.24) is 15.0 Å². The van der Waals surface area contributed by atoms with Gasteiger partial charge in [-0.3, -0.25) is 19.4 Å². The molecule has 0 bridgehead atoms. The number of rotatable bonds is 4. The first-order chi connectivity index (χ1) is 11.6. The summed E-state index contributed by atoms with van der Waals surface area (Å²) in [5.74, 6) is -1.42. The molecule has 0 spiro atoms. The van der Waals surface area contributed by atoms with E-state index >= 15 is 0 Å². The summed E-state index contributed by atoms with van der Waals surface area (Å²) in [7, 11) is 0. The van der Waals surface area contributed by atoms with Gasteiger partial charge in [0.05, 0.1) is 0 Å². The number of carbonyl (C=O) groups is 2. The summed E-state index contributed by atoms with van der Waals surface area (Å²) < 4.78 is 0. The fraction of sp³-hybridized carbons (Fsp3) is 0. The number of pyridine rings is 2. The van der Waals surface area contributed by atoms with E-state index < -0.39 is 17.4 Å². The maximum absolute atomic E-state index is 12.2. The highest BCUT2D eigenvalue weighted by atomic mass is 32.1. The monoisotopic (exact) mass is 341 g/mol. The summed E-state index contributed by atoms with van der Waals surface area (Å²) in [5.41, 5.74) is 5.38. The second kappa shape index (κ2) is 6.42. The van der Waals surface area contributed by atoms with Crippen LogP contribution in [0.4, 0.5) is 5.00 Å². The van der Waals surface area contributed by atoms with Gasteiger partial charge in [0, 0.05) is 24.2 Å². The molecular formula is C15H11N5O3S. The van der Waals surface area contributed by atoms with Crippen molar-refractivity contribution in [3.05, 3.63) is 64.5 Å². The molecule has 0 atom stereocenters. The fourth-order valence-electron chi connectivity index (χ4n) is 1.96. The molecule has 24 heavy (non-hydrogen) atoms. The number of nitrogens with two attached hydrogens (primary N) is 1. The summed E-state index contributed by atoms with van der Waals surface area (Å²) in [5, 5.41) is 3.21. The molecule has 2 amide bonds. The smallest absolute Gasteiger partial charge is 0.270 e. The standard InChI is InChI=1S/C15H11N5O3S/c16-11(21)10-15(20-13(23)9-2-1-5-18-12(9)22)24-14(19-10)8-3-6-17-7-4-8/h1-7H,(H2,16,21)(H,18,22)(H,20,23). The van der Waals surface area contributed by atoms with Crippen molar-refractivity contribution >= 4 is 28.2 Å². The molecule has 120 valence electrons. The number of carbonyl (C=O) groups excluding carboxylic acids is 2. The van der Waals surface area contributed by atoms with Crippen LogP contribution in [0.15, 0.2) is 47.7 Å². The van der Waals surface area contributed by atoms with Gasteiger partial charge in [-0.1, -0.05) is 11.3 Å². The molecule has 3 aromatic heterocycles. The first kappa shape index (κ1) is 15.6. The van der Waals surface area contributed by atoms with Crippen LogP contribution in [0.5, 0.6) is 0 Å². The molecule has 3 aromatic rings. The molecule has 0 saturated heterocycles. The molecular weight excluding hydrogens is 330 g/mol. The molecule has 0 aliphatic rings. The summed E-state index contributed by atoms with van der Waals surface area (Å²) in [6.45, 7) is 0. The summed E-state index contributed by atoms with van der Waals surface area (Å²) in [6.07, 6.45) is 4.59. The van der Waals surface area contributed by atoms with E-state index in [0.29, 0.717) is 5.01 Å². The lowest BCUT2D eigenvalue weighted by atomic mass is 10.2. The fourth-order valence-corrected chi connectivity index (χ4v) is 2.93. The number of aromatic nitrogens is 3. The molecule has 0 aromatic carbocycles. The van der Waals surface area contributed by atoms with E-state index in [-0.39, 0.29) is 16.3 Å². The van der Waals surface area contributed by atoms with Crippen LogP contribution in [-0.2, 0) is 0 Å². The molecule has 0 aliphatic carbocycles. The topological polar surface area (TPSA) is 131 Å². The lowest BCUT2D eigenvalue weighted by molar-refractivity contribution is 0.0997. The zero-order chi connectivity index (χ0) is 17.1.